The molecule has 0 saturated carbocycles. The van der Waals surface area contributed by atoms with Crippen LogP contribution >= 0.6 is 0 Å². The van der Waals surface area contributed by atoms with E-state index in [4.69, 9.17) is 5.11 Å². The molecule has 2 N–H and O–H groups in total. The molecule has 0 radical (unpaired) electrons. The quantitative estimate of drug-likeness (QED) is 0.700. The standard InChI is InChI=1S/C20H17F3N2O2/c1-11-4-12(6-15(5-11)25-9-13(10-25)19(26)27)17-8-24-18-3-2-14(7-16(17)18)20(21,22)23/h2-8,13,24H,9-10H2,1H3,(H,26,27). The van der Waals surface area contributed by atoms with Crippen molar-refractivity contribution in [1.29, 1.82) is 0 Å². The first-order chi connectivity index (χ1) is 12.7. The van der Waals surface area contributed by atoms with Gasteiger partial charge in [0.25, 0.3) is 0 Å². The first kappa shape index (κ1) is 17.5. The molecule has 1 aliphatic rings. The summed E-state index contributed by atoms with van der Waals surface area (Å²) in [5.41, 5.74) is 3.28. The summed E-state index contributed by atoms with van der Waals surface area (Å²) < 4.78 is 39.2. The van der Waals surface area contributed by atoms with Crippen LogP contribution in [0.15, 0.2) is 42.6 Å². The molecule has 0 atom stereocenters. The number of aliphatic carboxylic acids is 1. The van der Waals surface area contributed by atoms with Crippen LogP contribution in [0.4, 0.5) is 18.9 Å². The first-order valence-corrected chi connectivity index (χ1v) is 8.50. The Kier molecular flexibility index (Phi) is 3.91. The van der Waals surface area contributed by atoms with Crippen LogP contribution in [0.2, 0.25) is 0 Å². The van der Waals surface area contributed by atoms with Crippen LogP contribution in [0.1, 0.15) is 11.1 Å². The van der Waals surface area contributed by atoms with E-state index in [0.29, 0.717) is 29.6 Å². The maximum Gasteiger partial charge on any atom is 0.416 e. The number of nitrogens with one attached hydrogen (secondary N) is 1. The van der Waals surface area contributed by atoms with Gasteiger partial charge in [-0.2, -0.15) is 13.2 Å². The van der Waals surface area contributed by atoms with Gasteiger partial charge >= 0.3 is 12.1 Å². The third kappa shape index (κ3) is 3.13. The number of nitrogens with zero attached hydrogens (tertiary/aromatic N) is 1. The van der Waals surface area contributed by atoms with Crippen molar-refractivity contribution < 1.29 is 23.1 Å². The SMILES string of the molecule is Cc1cc(-c2c[nH]c3ccc(C(F)(F)F)cc23)cc(N2CC(C(=O)O)C2)c1. The van der Waals surface area contributed by atoms with Gasteiger partial charge in [-0.05, 0) is 48.4 Å². The fourth-order valence-electron chi connectivity index (χ4n) is 3.48. The Bertz CT molecular complexity index is 1030. The molecule has 140 valence electrons. The summed E-state index contributed by atoms with van der Waals surface area (Å²) in [5, 5.41) is 9.55. The number of halogens is 3. The highest BCUT2D eigenvalue weighted by atomic mass is 19.4. The third-order valence-corrected chi connectivity index (χ3v) is 4.98. The fraction of sp³-hybridized carbons (Fsp3) is 0.250. The highest BCUT2D eigenvalue weighted by Gasteiger charge is 2.33. The van der Waals surface area contributed by atoms with Crippen molar-refractivity contribution in [2.45, 2.75) is 13.1 Å². The molecule has 3 aromatic rings. The molecule has 7 heteroatoms. The zero-order valence-corrected chi connectivity index (χ0v) is 14.5. The van der Waals surface area contributed by atoms with Gasteiger partial charge in [-0.15, -0.1) is 0 Å². The topological polar surface area (TPSA) is 56.3 Å². The average molecular weight is 374 g/mol. The summed E-state index contributed by atoms with van der Waals surface area (Å²) in [6, 6.07) is 9.43. The number of carboxylic acids is 1. The number of aromatic amines is 1. The van der Waals surface area contributed by atoms with E-state index < -0.39 is 17.7 Å². The molecule has 27 heavy (non-hydrogen) atoms. The third-order valence-electron chi connectivity index (χ3n) is 4.98. The van der Waals surface area contributed by atoms with E-state index in [1.165, 1.54) is 6.07 Å². The van der Waals surface area contributed by atoms with E-state index in [2.05, 4.69) is 4.98 Å². The minimum Gasteiger partial charge on any atom is -0.481 e. The molecule has 0 unspecified atom stereocenters. The Hall–Kier alpha value is -2.96. The maximum absolute atomic E-state index is 13.1. The molecule has 2 aromatic carbocycles. The Morgan fingerprint density at radius 2 is 1.93 bits per heavy atom. The van der Waals surface area contributed by atoms with Gasteiger partial charge in [-0.1, -0.05) is 6.07 Å². The first-order valence-electron chi connectivity index (χ1n) is 8.50. The Morgan fingerprint density at radius 1 is 1.19 bits per heavy atom. The lowest BCUT2D eigenvalue weighted by Crippen LogP contribution is -2.50. The zero-order valence-electron chi connectivity index (χ0n) is 14.5. The largest absolute Gasteiger partial charge is 0.481 e. The van der Waals surface area contributed by atoms with E-state index in [0.717, 1.165) is 28.9 Å². The molecule has 1 saturated heterocycles. The summed E-state index contributed by atoms with van der Waals surface area (Å²) in [6.45, 7) is 2.78. The summed E-state index contributed by atoms with van der Waals surface area (Å²) in [7, 11) is 0. The number of benzene rings is 2. The van der Waals surface area contributed by atoms with Crippen molar-refractivity contribution in [2.24, 2.45) is 5.92 Å². The number of hydrogen-bond acceptors (Lipinski definition) is 2. The highest BCUT2D eigenvalue weighted by molar-refractivity contribution is 5.96. The van der Waals surface area contributed by atoms with Gasteiger partial charge in [-0.3, -0.25) is 4.79 Å². The fourth-order valence-corrected chi connectivity index (χ4v) is 3.48. The molecule has 0 spiro atoms. The molecule has 0 aliphatic carbocycles. The van der Waals surface area contributed by atoms with Gasteiger partial charge in [0, 0.05) is 41.4 Å². The van der Waals surface area contributed by atoms with E-state index >= 15 is 0 Å². The molecule has 1 aliphatic heterocycles. The van der Waals surface area contributed by atoms with Crippen LogP contribution in [0.25, 0.3) is 22.0 Å². The predicted octanol–water partition coefficient (Wildman–Crippen LogP) is 4.68. The van der Waals surface area contributed by atoms with Crippen LogP contribution in [0, 0.1) is 12.8 Å². The minimum absolute atomic E-state index is 0.378. The minimum atomic E-state index is -4.40. The molecular formula is C20H17F3N2O2. The molecule has 1 fully saturated rings. The second-order valence-corrected chi connectivity index (χ2v) is 6.96. The van der Waals surface area contributed by atoms with Gasteiger partial charge in [0.2, 0.25) is 0 Å². The average Bonchev–Trinajstić information content (AvgIpc) is 2.94. The Balaban J connectivity index is 1.74. The van der Waals surface area contributed by atoms with Gasteiger partial charge in [0.1, 0.15) is 0 Å². The summed E-state index contributed by atoms with van der Waals surface area (Å²) >= 11 is 0. The van der Waals surface area contributed by atoms with Crippen molar-refractivity contribution in [1.82, 2.24) is 4.98 Å². The number of fused-ring (bicyclic) bond motifs is 1. The van der Waals surface area contributed by atoms with Crippen molar-refractivity contribution in [3.8, 4) is 11.1 Å². The van der Waals surface area contributed by atoms with Crippen LogP contribution < -0.4 is 4.90 Å². The van der Waals surface area contributed by atoms with E-state index in [1.54, 1.807) is 6.20 Å². The number of anilines is 1. The second kappa shape index (κ2) is 6.04. The molecular weight excluding hydrogens is 357 g/mol. The molecule has 4 nitrogen and oxygen atoms in total. The van der Waals surface area contributed by atoms with Crippen LogP contribution in [-0.2, 0) is 11.0 Å². The lowest BCUT2D eigenvalue weighted by atomic mass is 9.96. The van der Waals surface area contributed by atoms with Gasteiger partial charge in [-0.25, -0.2) is 0 Å². The molecule has 2 heterocycles. The van der Waals surface area contributed by atoms with E-state index in [1.807, 2.05) is 30.0 Å². The van der Waals surface area contributed by atoms with Crippen LogP contribution in [0.3, 0.4) is 0 Å². The predicted molar refractivity (Wildman–Crippen MR) is 96.8 cm³/mol. The van der Waals surface area contributed by atoms with Crippen LogP contribution in [-0.4, -0.2) is 29.1 Å². The van der Waals surface area contributed by atoms with Crippen molar-refractivity contribution in [3.05, 3.63) is 53.7 Å². The summed E-state index contributed by atoms with van der Waals surface area (Å²) in [4.78, 5) is 16.0. The molecule has 0 bridgehead atoms. The Morgan fingerprint density at radius 3 is 2.59 bits per heavy atom. The second-order valence-electron chi connectivity index (χ2n) is 6.96. The van der Waals surface area contributed by atoms with Gasteiger partial charge < -0.3 is 15.0 Å². The smallest absolute Gasteiger partial charge is 0.416 e. The van der Waals surface area contributed by atoms with Crippen molar-refractivity contribution >= 4 is 22.6 Å². The number of carboxylic acid groups (broad SMARTS) is 1. The van der Waals surface area contributed by atoms with Gasteiger partial charge in [0.05, 0.1) is 11.5 Å². The number of aryl methyl sites for hydroxylation is 1. The number of hydrogen-bond donors (Lipinski definition) is 2. The number of H-pyrrole nitrogens is 1. The number of aromatic nitrogens is 1. The van der Waals surface area contributed by atoms with Gasteiger partial charge in [0.15, 0.2) is 0 Å². The summed E-state index contributed by atoms with van der Waals surface area (Å²) in [5.74, 6) is -1.19. The normalized spacial score (nSPS) is 15.2. The number of alkyl halides is 3. The lowest BCUT2D eigenvalue weighted by Gasteiger charge is -2.39. The van der Waals surface area contributed by atoms with Crippen molar-refractivity contribution in [2.75, 3.05) is 18.0 Å². The monoisotopic (exact) mass is 374 g/mol. The number of carbonyl (C=O) groups is 1. The molecule has 4 rings (SSSR count). The van der Waals surface area contributed by atoms with E-state index in [9.17, 15) is 18.0 Å². The van der Waals surface area contributed by atoms with E-state index in [-0.39, 0.29) is 5.92 Å². The Labute approximate surface area is 153 Å². The summed E-state index contributed by atoms with van der Waals surface area (Å²) in [6.07, 6.45) is -2.69. The lowest BCUT2D eigenvalue weighted by molar-refractivity contribution is -0.142. The zero-order chi connectivity index (χ0) is 19.3. The molecule has 0 amide bonds. The number of rotatable bonds is 3. The van der Waals surface area contributed by atoms with Crippen molar-refractivity contribution in [3.63, 3.8) is 0 Å². The highest BCUT2D eigenvalue weighted by Crippen LogP contribution is 2.37. The maximum atomic E-state index is 13.1. The van der Waals surface area contributed by atoms with Crippen LogP contribution in [0.5, 0.6) is 0 Å². The molecule has 1 aromatic heterocycles.